The summed E-state index contributed by atoms with van der Waals surface area (Å²) >= 11 is 0. The van der Waals surface area contributed by atoms with Crippen molar-refractivity contribution in [3.63, 3.8) is 0 Å². The summed E-state index contributed by atoms with van der Waals surface area (Å²) in [7, 11) is -1.34. The molecule has 0 radical (unpaired) electrons. The molecule has 0 aliphatic carbocycles. The smallest absolute Gasteiger partial charge is 0.351 e. The van der Waals surface area contributed by atoms with Gasteiger partial charge in [0.05, 0.1) is 10.8 Å². The summed E-state index contributed by atoms with van der Waals surface area (Å²) in [5.74, 6) is -1.66. The molecular formula is C14H13F4NO2S. The van der Waals surface area contributed by atoms with Gasteiger partial charge in [-0.05, 0) is 31.0 Å². The minimum atomic E-state index is -4.69. The number of alkyl halides is 3. The van der Waals surface area contributed by atoms with Crippen LogP contribution in [-0.4, -0.2) is 15.1 Å². The minimum Gasteiger partial charge on any atom is -0.351 e. The van der Waals surface area contributed by atoms with Crippen molar-refractivity contribution in [2.75, 3.05) is 5.75 Å². The van der Waals surface area contributed by atoms with Gasteiger partial charge in [-0.1, -0.05) is 12.1 Å². The molecule has 0 spiro atoms. The number of aromatic nitrogens is 1. The van der Waals surface area contributed by atoms with Crippen molar-refractivity contribution < 1.29 is 26.3 Å². The van der Waals surface area contributed by atoms with Crippen LogP contribution < -0.4 is 0 Å². The monoisotopic (exact) mass is 335 g/mol. The summed E-state index contributed by atoms with van der Waals surface area (Å²) in [6.45, 7) is 3.45. The number of hydrogen-bond donors (Lipinski definition) is 0. The first kappa shape index (κ1) is 16.7. The Balaban J connectivity index is 2.49. The molecule has 2 rings (SSSR count). The Bertz CT molecular complexity index is 709. The average Bonchev–Trinajstić information content (AvgIpc) is 2.88. The van der Waals surface area contributed by atoms with E-state index in [0.29, 0.717) is 28.7 Å². The van der Waals surface area contributed by atoms with Gasteiger partial charge in [0.15, 0.2) is 0 Å². The third kappa shape index (κ3) is 3.37. The first-order valence-corrected chi connectivity index (χ1v) is 7.78. The Morgan fingerprint density at radius 3 is 2.50 bits per heavy atom. The molecule has 1 atom stereocenters. The second-order valence-electron chi connectivity index (χ2n) is 4.72. The second kappa shape index (κ2) is 6.20. The zero-order chi connectivity index (χ0) is 16.5. The van der Waals surface area contributed by atoms with Crippen LogP contribution in [0.4, 0.5) is 17.6 Å². The SMILES string of the molecule is CCCS(=O)c1cc(-c2cc(C(F)(F)F)on2)c(F)cc1C. The highest BCUT2D eigenvalue weighted by Gasteiger charge is 2.36. The van der Waals surface area contributed by atoms with E-state index in [1.807, 2.05) is 6.92 Å². The van der Waals surface area contributed by atoms with Crippen LogP contribution in [0.15, 0.2) is 27.6 Å². The summed E-state index contributed by atoms with van der Waals surface area (Å²) in [6, 6.07) is 3.04. The second-order valence-corrected chi connectivity index (χ2v) is 6.26. The molecule has 2 aromatic rings. The first-order chi connectivity index (χ1) is 10.2. The van der Waals surface area contributed by atoms with Crippen molar-refractivity contribution in [2.24, 2.45) is 0 Å². The Hall–Kier alpha value is -1.70. The number of halogens is 4. The van der Waals surface area contributed by atoms with Crippen LogP contribution in [0.25, 0.3) is 11.3 Å². The van der Waals surface area contributed by atoms with E-state index in [4.69, 9.17) is 0 Å². The van der Waals surface area contributed by atoms with Crippen molar-refractivity contribution in [3.8, 4) is 11.3 Å². The van der Waals surface area contributed by atoms with E-state index in [1.54, 1.807) is 6.92 Å². The highest BCUT2D eigenvalue weighted by atomic mass is 32.2. The van der Waals surface area contributed by atoms with Gasteiger partial charge in [0.2, 0.25) is 5.76 Å². The molecule has 0 aliphatic rings. The fourth-order valence-corrected chi connectivity index (χ4v) is 3.18. The van der Waals surface area contributed by atoms with Crippen LogP contribution >= 0.6 is 0 Å². The molecule has 0 aliphatic heterocycles. The molecule has 0 bridgehead atoms. The molecule has 8 heteroatoms. The minimum absolute atomic E-state index is 0.163. The van der Waals surface area contributed by atoms with Crippen molar-refractivity contribution in [1.82, 2.24) is 5.16 Å². The maximum atomic E-state index is 14.0. The Morgan fingerprint density at radius 1 is 1.27 bits per heavy atom. The summed E-state index contributed by atoms with van der Waals surface area (Å²) in [4.78, 5) is 0.384. The predicted molar refractivity (Wildman–Crippen MR) is 73.2 cm³/mol. The molecular weight excluding hydrogens is 322 g/mol. The van der Waals surface area contributed by atoms with E-state index in [1.165, 1.54) is 6.07 Å². The van der Waals surface area contributed by atoms with Crippen LogP contribution in [-0.2, 0) is 17.0 Å². The Labute approximate surface area is 126 Å². The zero-order valence-electron chi connectivity index (χ0n) is 11.8. The van der Waals surface area contributed by atoms with Crippen LogP contribution in [0.1, 0.15) is 24.7 Å². The highest BCUT2D eigenvalue weighted by Crippen LogP contribution is 2.34. The molecule has 0 N–H and O–H groups in total. The topological polar surface area (TPSA) is 43.1 Å². The molecule has 3 nitrogen and oxygen atoms in total. The number of aryl methyl sites for hydroxylation is 1. The lowest BCUT2D eigenvalue weighted by atomic mass is 10.1. The molecule has 22 heavy (non-hydrogen) atoms. The Morgan fingerprint density at radius 2 is 1.95 bits per heavy atom. The van der Waals surface area contributed by atoms with E-state index >= 15 is 0 Å². The quantitative estimate of drug-likeness (QED) is 0.781. The fraction of sp³-hybridized carbons (Fsp3) is 0.357. The fourth-order valence-electron chi connectivity index (χ4n) is 1.93. The van der Waals surface area contributed by atoms with E-state index in [9.17, 15) is 21.8 Å². The third-order valence-corrected chi connectivity index (χ3v) is 4.67. The van der Waals surface area contributed by atoms with Crippen molar-refractivity contribution >= 4 is 10.8 Å². The lowest BCUT2D eigenvalue weighted by molar-refractivity contribution is -0.155. The molecule has 1 heterocycles. The van der Waals surface area contributed by atoms with Crippen LogP contribution in [0.5, 0.6) is 0 Å². The molecule has 120 valence electrons. The van der Waals surface area contributed by atoms with Crippen molar-refractivity contribution in [3.05, 3.63) is 35.3 Å². The van der Waals surface area contributed by atoms with E-state index < -0.39 is 28.6 Å². The largest absolute Gasteiger partial charge is 0.452 e. The number of benzene rings is 1. The van der Waals surface area contributed by atoms with E-state index in [-0.39, 0.29) is 11.3 Å². The highest BCUT2D eigenvalue weighted by molar-refractivity contribution is 7.85. The zero-order valence-corrected chi connectivity index (χ0v) is 12.6. The standard InChI is InChI=1S/C14H13F4NO2S/c1-3-4-22(20)12-6-9(10(15)5-8(12)2)11-7-13(21-19-11)14(16,17)18/h5-7H,3-4H2,1-2H3. The summed E-state index contributed by atoms with van der Waals surface area (Å²) < 4.78 is 67.8. The van der Waals surface area contributed by atoms with Gasteiger partial charge in [0.25, 0.3) is 0 Å². The van der Waals surface area contributed by atoms with Gasteiger partial charge in [0, 0.05) is 22.3 Å². The van der Waals surface area contributed by atoms with Crippen LogP contribution in [0, 0.1) is 12.7 Å². The molecule has 1 aromatic heterocycles. The molecule has 1 unspecified atom stereocenters. The molecule has 0 fully saturated rings. The molecule has 0 amide bonds. The van der Waals surface area contributed by atoms with Gasteiger partial charge in [0.1, 0.15) is 11.5 Å². The summed E-state index contributed by atoms with van der Waals surface area (Å²) in [5, 5.41) is 3.26. The van der Waals surface area contributed by atoms with Crippen molar-refractivity contribution in [2.45, 2.75) is 31.3 Å². The lowest BCUT2D eigenvalue weighted by Gasteiger charge is -2.08. The van der Waals surface area contributed by atoms with Crippen molar-refractivity contribution in [1.29, 1.82) is 0 Å². The summed E-state index contributed by atoms with van der Waals surface area (Å²) in [5.41, 5.74) is 0.0384. The summed E-state index contributed by atoms with van der Waals surface area (Å²) in [6.07, 6.45) is -4.03. The maximum absolute atomic E-state index is 14.0. The number of nitrogens with zero attached hydrogens (tertiary/aromatic N) is 1. The van der Waals surface area contributed by atoms with Gasteiger partial charge in [-0.2, -0.15) is 13.2 Å². The van der Waals surface area contributed by atoms with Gasteiger partial charge >= 0.3 is 6.18 Å². The number of rotatable bonds is 4. The van der Waals surface area contributed by atoms with Gasteiger partial charge in [-0.15, -0.1) is 0 Å². The molecule has 0 saturated heterocycles. The van der Waals surface area contributed by atoms with Crippen LogP contribution in [0.2, 0.25) is 0 Å². The van der Waals surface area contributed by atoms with E-state index in [2.05, 4.69) is 9.68 Å². The average molecular weight is 335 g/mol. The van der Waals surface area contributed by atoms with E-state index in [0.717, 1.165) is 6.07 Å². The van der Waals surface area contributed by atoms with Gasteiger partial charge in [-0.25, -0.2) is 4.39 Å². The lowest BCUT2D eigenvalue weighted by Crippen LogP contribution is -2.02. The maximum Gasteiger partial charge on any atom is 0.452 e. The predicted octanol–water partition coefficient (Wildman–Crippen LogP) is 4.33. The van der Waals surface area contributed by atoms with Gasteiger partial charge in [-0.3, -0.25) is 4.21 Å². The first-order valence-electron chi connectivity index (χ1n) is 6.46. The van der Waals surface area contributed by atoms with Gasteiger partial charge < -0.3 is 4.52 Å². The molecule has 0 saturated carbocycles. The normalized spacial score (nSPS) is 13.4. The van der Waals surface area contributed by atoms with Crippen LogP contribution in [0.3, 0.4) is 0 Å². The third-order valence-electron chi connectivity index (χ3n) is 2.96. The Kier molecular flexibility index (Phi) is 4.69. The molecule has 1 aromatic carbocycles. The number of hydrogen-bond acceptors (Lipinski definition) is 3.